The Kier molecular flexibility index (Phi) is 6.82. The Hall–Kier alpha value is -3.64. The number of nitrogens with one attached hydrogen (secondary N) is 1. The van der Waals surface area contributed by atoms with E-state index < -0.39 is 0 Å². The molecule has 3 aromatic carbocycles. The van der Waals surface area contributed by atoms with Crippen molar-refractivity contribution in [3.8, 4) is 27.8 Å². The van der Waals surface area contributed by atoms with Crippen molar-refractivity contribution in [1.82, 2.24) is 10.3 Å². The second-order valence-electron chi connectivity index (χ2n) is 7.47. The number of ether oxygens (including phenoxy) is 2. The number of para-hydroxylation sites is 1. The highest BCUT2D eigenvalue weighted by molar-refractivity contribution is 7.13. The van der Waals surface area contributed by atoms with Crippen LogP contribution in [0.2, 0.25) is 0 Å². The maximum absolute atomic E-state index is 12.6. The van der Waals surface area contributed by atoms with E-state index in [1.54, 1.807) is 5.38 Å². The largest absolute Gasteiger partial charge is 0.491 e. The SMILES string of the molecule is CC(C)Oc1ccc(-c2nc(C(=O)NCc3cccc(Oc4ccccc4)c3)cs2)cc1. The molecule has 4 aromatic rings. The molecule has 0 radical (unpaired) electrons. The summed E-state index contributed by atoms with van der Waals surface area (Å²) in [6, 6.07) is 25.0. The molecule has 1 aromatic heterocycles. The molecule has 0 aliphatic heterocycles. The number of rotatable bonds is 8. The third-order valence-electron chi connectivity index (χ3n) is 4.54. The Labute approximate surface area is 191 Å². The Morgan fingerprint density at radius 3 is 2.44 bits per heavy atom. The average Bonchev–Trinajstić information content (AvgIpc) is 3.29. The summed E-state index contributed by atoms with van der Waals surface area (Å²) >= 11 is 1.44. The quantitative estimate of drug-likeness (QED) is 0.345. The highest BCUT2D eigenvalue weighted by Gasteiger charge is 2.12. The van der Waals surface area contributed by atoms with Crippen molar-refractivity contribution in [3.63, 3.8) is 0 Å². The van der Waals surface area contributed by atoms with Crippen molar-refractivity contribution < 1.29 is 14.3 Å². The molecule has 0 atom stereocenters. The van der Waals surface area contributed by atoms with Crippen molar-refractivity contribution in [3.05, 3.63) is 95.5 Å². The van der Waals surface area contributed by atoms with Crippen LogP contribution in [0.25, 0.3) is 10.6 Å². The van der Waals surface area contributed by atoms with Crippen molar-refractivity contribution in [2.75, 3.05) is 0 Å². The van der Waals surface area contributed by atoms with E-state index in [9.17, 15) is 4.79 Å². The van der Waals surface area contributed by atoms with E-state index in [4.69, 9.17) is 9.47 Å². The Bertz CT molecular complexity index is 1170. The second kappa shape index (κ2) is 10.1. The molecule has 1 amide bonds. The van der Waals surface area contributed by atoms with Crippen molar-refractivity contribution in [2.24, 2.45) is 0 Å². The van der Waals surface area contributed by atoms with Crippen molar-refractivity contribution >= 4 is 17.2 Å². The van der Waals surface area contributed by atoms with Gasteiger partial charge in [-0.1, -0.05) is 30.3 Å². The van der Waals surface area contributed by atoms with Gasteiger partial charge in [-0.2, -0.15) is 0 Å². The molecule has 4 rings (SSSR count). The third kappa shape index (κ3) is 5.74. The molecule has 162 valence electrons. The van der Waals surface area contributed by atoms with Gasteiger partial charge in [0.05, 0.1) is 6.10 Å². The van der Waals surface area contributed by atoms with Gasteiger partial charge in [-0.15, -0.1) is 11.3 Å². The number of hydrogen-bond acceptors (Lipinski definition) is 5. The van der Waals surface area contributed by atoms with Gasteiger partial charge in [-0.05, 0) is 67.9 Å². The number of thiazole rings is 1. The van der Waals surface area contributed by atoms with Crippen LogP contribution in [0.1, 0.15) is 29.9 Å². The summed E-state index contributed by atoms with van der Waals surface area (Å²) in [7, 11) is 0. The second-order valence-corrected chi connectivity index (χ2v) is 8.33. The van der Waals surface area contributed by atoms with Gasteiger partial charge in [0.2, 0.25) is 0 Å². The normalized spacial score (nSPS) is 10.7. The van der Waals surface area contributed by atoms with E-state index in [-0.39, 0.29) is 12.0 Å². The maximum atomic E-state index is 12.6. The molecular formula is C26H24N2O3S. The minimum Gasteiger partial charge on any atom is -0.491 e. The first-order chi connectivity index (χ1) is 15.6. The highest BCUT2D eigenvalue weighted by Crippen LogP contribution is 2.26. The Morgan fingerprint density at radius 1 is 0.938 bits per heavy atom. The molecule has 5 nitrogen and oxygen atoms in total. The summed E-state index contributed by atoms with van der Waals surface area (Å²) in [5.41, 5.74) is 2.31. The number of carbonyl (C=O) groups is 1. The van der Waals surface area contributed by atoms with Gasteiger partial charge in [0.1, 0.15) is 28.0 Å². The van der Waals surface area contributed by atoms with Gasteiger partial charge in [0, 0.05) is 17.5 Å². The lowest BCUT2D eigenvalue weighted by molar-refractivity contribution is 0.0946. The summed E-state index contributed by atoms with van der Waals surface area (Å²) in [6.45, 7) is 4.37. The molecule has 0 aliphatic rings. The molecular weight excluding hydrogens is 420 g/mol. The lowest BCUT2D eigenvalue weighted by Crippen LogP contribution is -2.23. The number of carbonyl (C=O) groups excluding carboxylic acids is 1. The smallest absolute Gasteiger partial charge is 0.271 e. The minimum absolute atomic E-state index is 0.126. The van der Waals surface area contributed by atoms with Crippen LogP contribution in [0.3, 0.4) is 0 Å². The summed E-state index contributed by atoms with van der Waals surface area (Å²) in [5, 5.41) is 5.50. The Balaban J connectivity index is 1.36. The fourth-order valence-corrected chi connectivity index (χ4v) is 3.88. The third-order valence-corrected chi connectivity index (χ3v) is 5.43. The molecule has 32 heavy (non-hydrogen) atoms. The van der Waals surface area contributed by atoms with Crippen LogP contribution in [0.4, 0.5) is 0 Å². The highest BCUT2D eigenvalue weighted by atomic mass is 32.1. The molecule has 0 spiro atoms. The molecule has 0 aliphatic carbocycles. The monoisotopic (exact) mass is 444 g/mol. The van der Waals surface area contributed by atoms with E-state index >= 15 is 0 Å². The fourth-order valence-electron chi connectivity index (χ4n) is 3.08. The molecule has 0 saturated carbocycles. The molecule has 6 heteroatoms. The molecule has 0 bridgehead atoms. The molecule has 0 unspecified atom stereocenters. The fraction of sp³-hybridized carbons (Fsp3) is 0.154. The van der Waals surface area contributed by atoms with Gasteiger partial charge in [-0.25, -0.2) is 4.98 Å². The van der Waals surface area contributed by atoms with Gasteiger partial charge in [0.15, 0.2) is 0 Å². The first kappa shape index (κ1) is 21.6. The predicted molar refractivity (Wildman–Crippen MR) is 127 cm³/mol. The number of benzene rings is 3. The number of hydrogen-bond donors (Lipinski definition) is 1. The van der Waals surface area contributed by atoms with Gasteiger partial charge in [-0.3, -0.25) is 4.79 Å². The van der Waals surface area contributed by atoms with E-state index in [0.717, 1.165) is 33.4 Å². The summed E-state index contributed by atoms with van der Waals surface area (Å²) < 4.78 is 11.5. The molecule has 1 N–H and O–H groups in total. The zero-order chi connectivity index (χ0) is 22.3. The van der Waals surface area contributed by atoms with E-state index in [0.29, 0.717) is 12.2 Å². The predicted octanol–water partition coefficient (Wildman–Crippen LogP) is 6.32. The van der Waals surface area contributed by atoms with Crippen LogP contribution in [-0.4, -0.2) is 17.0 Å². The van der Waals surface area contributed by atoms with Gasteiger partial charge in [0.25, 0.3) is 5.91 Å². The molecule has 0 fully saturated rings. The molecule has 0 saturated heterocycles. The van der Waals surface area contributed by atoms with Crippen LogP contribution < -0.4 is 14.8 Å². The van der Waals surface area contributed by atoms with Crippen LogP contribution in [0.5, 0.6) is 17.2 Å². The summed E-state index contributed by atoms with van der Waals surface area (Å²) in [5.74, 6) is 2.11. The van der Waals surface area contributed by atoms with Crippen LogP contribution in [0, 0.1) is 0 Å². The van der Waals surface area contributed by atoms with Crippen LogP contribution in [0.15, 0.2) is 84.2 Å². The zero-order valence-corrected chi connectivity index (χ0v) is 18.8. The first-order valence-corrected chi connectivity index (χ1v) is 11.3. The van der Waals surface area contributed by atoms with E-state index in [1.807, 2.05) is 92.7 Å². The Morgan fingerprint density at radius 2 is 1.69 bits per heavy atom. The van der Waals surface area contributed by atoms with E-state index in [2.05, 4.69) is 10.3 Å². The van der Waals surface area contributed by atoms with Gasteiger partial charge < -0.3 is 14.8 Å². The summed E-state index contributed by atoms with van der Waals surface area (Å²) in [4.78, 5) is 17.1. The van der Waals surface area contributed by atoms with Crippen LogP contribution >= 0.6 is 11.3 Å². The first-order valence-electron chi connectivity index (χ1n) is 10.4. The zero-order valence-electron chi connectivity index (χ0n) is 17.9. The maximum Gasteiger partial charge on any atom is 0.271 e. The van der Waals surface area contributed by atoms with Crippen molar-refractivity contribution in [2.45, 2.75) is 26.5 Å². The number of nitrogens with zero attached hydrogens (tertiary/aromatic N) is 1. The molecule has 1 heterocycles. The topological polar surface area (TPSA) is 60.5 Å². The van der Waals surface area contributed by atoms with Crippen molar-refractivity contribution in [1.29, 1.82) is 0 Å². The average molecular weight is 445 g/mol. The minimum atomic E-state index is -0.207. The van der Waals surface area contributed by atoms with Gasteiger partial charge >= 0.3 is 0 Å². The van der Waals surface area contributed by atoms with E-state index in [1.165, 1.54) is 11.3 Å². The number of aromatic nitrogens is 1. The lowest BCUT2D eigenvalue weighted by Gasteiger charge is -2.09. The van der Waals surface area contributed by atoms with Crippen LogP contribution in [-0.2, 0) is 6.54 Å². The summed E-state index contributed by atoms with van der Waals surface area (Å²) in [6.07, 6.45) is 0.126. The lowest BCUT2D eigenvalue weighted by atomic mass is 10.2. The standard InChI is InChI=1S/C26H24N2O3S/c1-18(2)30-22-13-11-20(12-14-22)26-28-24(17-32-26)25(29)27-16-19-7-6-10-23(15-19)31-21-8-4-3-5-9-21/h3-15,17-18H,16H2,1-2H3,(H,27,29). The number of amides is 1.